The van der Waals surface area contributed by atoms with Crippen LogP contribution >= 0.6 is 0 Å². The van der Waals surface area contributed by atoms with Gasteiger partial charge >= 0.3 is 5.97 Å². The summed E-state index contributed by atoms with van der Waals surface area (Å²) in [5, 5.41) is 30.9. The van der Waals surface area contributed by atoms with Crippen LogP contribution in [-0.2, 0) is 36.9 Å². The molecule has 4 rings (SSSR count). The molecule has 1 aromatic heterocycles. The van der Waals surface area contributed by atoms with E-state index < -0.39 is 60.1 Å². The summed E-state index contributed by atoms with van der Waals surface area (Å²) in [6, 6.07) is 5.38. The van der Waals surface area contributed by atoms with E-state index in [2.05, 4.69) is 36.6 Å². The van der Waals surface area contributed by atoms with Gasteiger partial charge in [-0.05, 0) is 30.4 Å². The zero-order chi connectivity index (χ0) is 28.8. The lowest BCUT2D eigenvalue weighted by atomic mass is 9.93. The second-order valence-corrected chi connectivity index (χ2v) is 10.2. The molecule has 0 bridgehead atoms. The molecule has 1 fully saturated rings. The minimum atomic E-state index is -1.02. The second-order valence-electron chi connectivity index (χ2n) is 10.2. The molecule has 2 aliphatic rings. The average molecular weight is 555 g/mol. The lowest BCUT2D eigenvalue weighted by Gasteiger charge is -2.27. The predicted octanol–water partition coefficient (Wildman–Crippen LogP) is -0.0782. The molecular weight excluding hydrogens is 520 g/mol. The predicted molar refractivity (Wildman–Crippen MR) is 140 cm³/mol. The second kappa shape index (κ2) is 12.7. The van der Waals surface area contributed by atoms with E-state index in [9.17, 15) is 29.1 Å². The first kappa shape index (κ1) is 28.6. The van der Waals surface area contributed by atoms with Crippen molar-refractivity contribution in [1.82, 2.24) is 36.6 Å². The molecule has 0 spiro atoms. The van der Waals surface area contributed by atoms with Crippen LogP contribution in [0.4, 0.5) is 5.69 Å². The van der Waals surface area contributed by atoms with E-state index in [0.29, 0.717) is 43.6 Å². The molecule has 1 aromatic carbocycles. The summed E-state index contributed by atoms with van der Waals surface area (Å²) in [4.78, 5) is 65.5. The number of carboxylic acids is 1. The van der Waals surface area contributed by atoms with Gasteiger partial charge in [0.25, 0.3) is 0 Å². The number of hydrogen-bond donors (Lipinski definition) is 5. The summed E-state index contributed by atoms with van der Waals surface area (Å²) in [7, 11) is 0. The van der Waals surface area contributed by atoms with Gasteiger partial charge in [-0.2, -0.15) is 5.21 Å². The van der Waals surface area contributed by atoms with Gasteiger partial charge in [0.2, 0.25) is 23.6 Å². The maximum absolute atomic E-state index is 13.4. The van der Waals surface area contributed by atoms with Gasteiger partial charge in [-0.15, -0.1) is 10.2 Å². The number of aromatic amines is 1. The van der Waals surface area contributed by atoms with E-state index in [-0.39, 0.29) is 12.5 Å². The monoisotopic (exact) mass is 554 g/mol. The summed E-state index contributed by atoms with van der Waals surface area (Å²) >= 11 is 0. The first-order chi connectivity index (χ1) is 19.2. The molecule has 5 atom stereocenters. The number of tetrazole rings is 1. The van der Waals surface area contributed by atoms with Crippen molar-refractivity contribution in [3.63, 3.8) is 0 Å². The normalized spacial score (nSPS) is 21.2. The molecule has 214 valence electrons. The van der Waals surface area contributed by atoms with E-state index in [1.54, 1.807) is 19.1 Å². The van der Waals surface area contributed by atoms with Crippen molar-refractivity contribution in [2.75, 3.05) is 11.4 Å². The van der Waals surface area contributed by atoms with Gasteiger partial charge in [-0.3, -0.25) is 28.9 Å². The summed E-state index contributed by atoms with van der Waals surface area (Å²) in [5.41, 5.74) is 1.39. The third kappa shape index (κ3) is 6.26. The molecule has 2 heterocycles. The largest absolute Gasteiger partial charge is 0.481 e. The number of amides is 4. The average Bonchev–Trinajstić information content (AvgIpc) is 3.72. The molecule has 0 saturated heterocycles. The van der Waals surface area contributed by atoms with Crippen molar-refractivity contribution in [2.24, 2.45) is 17.8 Å². The third-order valence-electron chi connectivity index (χ3n) is 7.73. The molecule has 40 heavy (non-hydrogen) atoms. The molecule has 1 aliphatic heterocycles. The van der Waals surface area contributed by atoms with Crippen LogP contribution in [0.15, 0.2) is 24.3 Å². The number of aromatic nitrogens is 4. The Bertz CT molecular complexity index is 1250. The van der Waals surface area contributed by atoms with Crippen LogP contribution < -0.4 is 20.9 Å². The Morgan fingerprint density at radius 1 is 1.10 bits per heavy atom. The molecule has 0 radical (unpaired) electrons. The van der Waals surface area contributed by atoms with Crippen molar-refractivity contribution in [1.29, 1.82) is 0 Å². The van der Waals surface area contributed by atoms with Crippen LogP contribution in [-0.4, -0.2) is 74.0 Å². The van der Waals surface area contributed by atoms with Crippen LogP contribution in [0.1, 0.15) is 50.9 Å². The van der Waals surface area contributed by atoms with Crippen LogP contribution in [0, 0.1) is 17.8 Å². The van der Waals surface area contributed by atoms with Crippen LogP contribution in [0.3, 0.4) is 0 Å². The highest BCUT2D eigenvalue weighted by atomic mass is 16.4. The smallest absolute Gasteiger partial charge is 0.307 e. The Labute approximate surface area is 230 Å². The fourth-order valence-electron chi connectivity index (χ4n) is 5.33. The molecule has 0 unspecified atom stereocenters. The van der Waals surface area contributed by atoms with Crippen LogP contribution in [0.25, 0.3) is 0 Å². The minimum absolute atomic E-state index is 0.0287. The first-order valence-corrected chi connectivity index (χ1v) is 13.4. The molecule has 14 heteroatoms. The Hall–Kier alpha value is -4.36. The van der Waals surface area contributed by atoms with E-state index in [1.807, 2.05) is 19.1 Å². The van der Waals surface area contributed by atoms with Gasteiger partial charge in [-0.25, -0.2) is 0 Å². The highest BCUT2D eigenvalue weighted by Crippen LogP contribution is 2.33. The van der Waals surface area contributed by atoms with Crippen LogP contribution in [0.5, 0.6) is 0 Å². The quantitative estimate of drug-likeness (QED) is 0.252. The summed E-state index contributed by atoms with van der Waals surface area (Å²) in [6.07, 6.45) is 2.36. The molecule has 5 N–H and O–H groups in total. The number of aliphatic carboxylic acids is 1. The molecule has 1 aliphatic carbocycles. The number of carboxylic acid groups (broad SMARTS) is 1. The number of carbonyl (C=O) groups excluding carboxylic acids is 4. The van der Waals surface area contributed by atoms with Crippen molar-refractivity contribution < 1.29 is 29.1 Å². The molecule has 4 amide bonds. The third-order valence-corrected chi connectivity index (χ3v) is 7.73. The van der Waals surface area contributed by atoms with E-state index in [4.69, 9.17) is 0 Å². The SMILES string of the molecule is CC[C@H](C)[C@H](NC(=O)[C@@H]1CCC[C@H]1C(=O)O)C(=O)NCC(=O)N1c2ccccc2C[C@H]1C(=O)NCc1nn[nH]n1. The maximum atomic E-state index is 13.4. The van der Waals surface area contributed by atoms with Crippen molar-refractivity contribution in [3.8, 4) is 0 Å². The van der Waals surface area contributed by atoms with Crippen molar-refractivity contribution >= 4 is 35.3 Å². The summed E-state index contributed by atoms with van der Waals surface area (Å²) in [5.74, 6) is -4.39. The minimum Gasteiger partial charge on any atom is -0.481 e. The molecule has 14 nitrogen and oxygen atoms in total. The zero-order valence-electron chi connectivity index (χ0n) is 22.4. The van der Waals surface area contributed by atoms with Gasteiger partial charge in [-0.1, -0.05) is 50.1 Å². The number of H-pyrrole nitrogens is 1. The van der Waals surface area contributed by atoms with E-state index in [1.165, 1.54) is 4.90 Å². The van der Waals surface area contributed by atoms with Gasteiger partial charge in [0, 0.05) is 12.1 Å². The van der Waals surface area contributed by atoms with Gasteiger partial charge in [0.1, 0.15) is 12.1 Å². The Morgan fingerprint density at radius 2 is 1.85 bits per heavy atom. The van der Waals surface area contributed by atoms with E-state index >= 15 is 0 Å². The Balaban J connectivity index is 1.42. The number of hydrogen-bond acceptors (Lipinski definition) is 8. The Kier molecular flexibility index (Phi) is 9.07. The fraction of sp³-hybridized carbons (Fsp3) is 0.538. The molecular formula is C26H34N8O6. The highest BCUT2D eigenvalue weighted by Gasteiger charge is 2.41. The number of para-hydroxylation sites is 1. The van der Waals surface area contributed by atoms with Gasteiger partial charge in [0.15, 0.2) is 5.82 Å². The van der Waals surface area contributed by atoms with Gasteiger partial charge in [0.05, 0.1) is 24.9 Å². The fourth-order valence-corrected chi connectivity index (χ4v) is 5.33. The van der Waals surface area contributed by atoms with Crippen molar-refractivity contribution in [2.45, 2.75) is 64.6 Å². The summed E-state index contributed by atoms with van der Waals surface area (Å²) in [6.45, 7) is 3.31. The highest BCUT2D eigenvalue weighted by molar-refractivity contribution is 6.05. The lowest BCUT2D eigenvalue weighted by molar-refractivity contribution is -0.146. The number of anilines is 1. The summed E-state index contributed by atoms with van der Waals surface area (Å²) < 4.78 is 0. The first-order valence-electron chi connectivity index (χ1n) is 13.4. The topological polar surface area (TPSA) is 199 Å². The lowest BCUT2D eigenvalue weighted by Crippen LogP contribution is -2.55. The number of benzene rings is 1. The Morgan fingerprint density at radius 3 is 2.55 bits per heavy atom. The standard InChI is InChI=1S/C26H34N8O6/c1-3-14(2)22(29-23(36)16-8-6-9-17(16)26(39)40)25(38)28-13-21(35)34-18-10-5-4-7-15(18)11-19(34)24(37)27-12-20-30-32-33-31-20/h4-5,7,10,14,16-17,19,22H,3,6,8-9,11-13H2,1-2H3,(H,27,37)(H,28,38)(H,29,36)(H,39,40)(H,30,31,32,33)/t14-,16+,17+,19-,22-/m0/s1. The number of carbonyl (C=O) groups is 5. The number of rotatable bonds is 11. The van der Waals surface area contributed by atoms with Gasteiger partial charge < -0.3 is 21.1 Å². The number of fused-ring (bicyclic) bond motifs is 1. The maximum Gasteiger partial charge on any atom is 0.307 e. The van der Waals surface area contributed by atoms with E-state index in [0.717, 1.165) is 5.56 Å². The molecule has 1 saturated carbocycles. The zero-order valence-corrected chi connectivity index (χ0v) is 22.4. The molecule has 2 aromatic rings. The van der Waals surface area contributed by atoms with Crippen molar-refractivity contribution in [3.05, 3.63) is 35.7 Å². The van der Waals surface area contributed by atoms with Crippen LogP contribution in [0.2, 0.25) is 0 Å². The number of nitrogens with one attached hydrogen (secondary N) is 4. The number of nitrogens with zero attached hydrogens (tertiary/aromatic N) is 4.